The summed E-state index contributed by atoms with van der Waals surface area (Å²) in [6.45, 7) is 6.89. The molecular weight excluding hydrogens is 360 g/mol. The number of esters is 1. The van der Waals surface area contributed by atoms with Crippen molar-refractivity contribution in [3.8, 4) is 0 Å². The topological polar surface area (TPSA) is 43.4 Å². The molecule has 0 aliphatic heterocycles. The summed E-state index contributed by atoms with van der Waals surface area (Å²) < 4.78 is 5.83. The molecule has 3 saturated carbocycles. The fourth-order valence-electron chi connectivity index (χ4n) is 7.56. The van der Waals surface area contributed by atoms with Crippen molar-refractivity contribution < 1.29 is 14.3 Å². The summed E-state index contributed by atoms with van der Waals surface area (Å²) in [5.74, 6) is 3.09. The van der Waals surface area contributed by atoms with Crippen LogP contribution in [0, 0.1) is 34.5 Å². The van der Waals surface area contributed by atoms with Crippen LogP contribution in [0.1, 0.15) is 97.8 Å². The van der Waals surface area contributed by atoms with Gasteiger partial charge in [0.15, 0.2) is 0 Å². The third-order valence-corrected chi connectivity index (χ3v) is 9.38. The molecule has 0 bridgehead atoms. The van der Waals surface area contributed by atoms with Crippen molar-refractivity contribution in [2.45, 2.75) is 104 Å². The average molecular weight is 401 g/mol. The minimum Gasteiger partial charge on any atom is -0.458 e. The smallest absolute Gasteiger partial charge is 0.306 e. The van der Waals surface area contributed by atoms with Gasteiger partial charge in [0, 0.05) is 18.3 Å². The first-order valence-electron chi connectivity index (χ1n) is 12.3. The summed E-state index contributed by atoms with van der Waals surface area (Å²) in [5.41, 5.74) is 0.165. The van der Waals surface area contributed by atoms with Gasteiger partial charge in [0.2, 0.25) is 0 Å². The predicted molar refractivity (Wildman–Crippen MR) is 115 cm³/mol. The van der Waals surface area contributed by atoms with Gasteiger partial charge in [-0.1, -0.05) is 46.1 Å². The molecule has 0 amide bonds. The highest BCUT2D eigenvalue weighted by molar-refractivity contribution is 5.87. The van der Waals surface area contributed by atoms with Crippen LogP contribution in [-0.4, -0.2) is 17.9 Å². The van der Waals surface area contributed by atoms with Crippen LogP contribution in [0.2, 0.25) is 0 Å². The van der Waals surface area contributed by atoms with Crippen LogP contribution < -0.4 is 0 Å². The lowest BCUT2D eigenvalue weighted by molar-refractivity contribution is -0.150. The second-order valence-corrected chi connectivity index (χ2v) is 10.9. The van der Waals surface area contributed by atoms with Crippen LogP contribution in [-0.2, 0) is 14.3 Å². The third-order valence-electron chi connectivity index (χ3n) is 9.38. The van der Waals surface area contributed by atoms with Gasteiger partial charge in [-0.25, -0.2) is 0 Å². The van der Waals surface area contributed by atoms with Crippen LogP contribution in [0.4, 0.5) is 0 Å². The lowest BCUT2D eigenvalue weighted by Gasteiger charge is -2.58. The monoisotopic (exact) mass is 400 g/mol. The highest BCUT2D eigenvalue weighted by atomic mass is 16.5. The molecule has 0 aromatic rings. The van der Waals surface area contributed by atoms with Gasteiger partial charge in [-0.15, -0.1) is 0 Å². The van der Waals surface area contributed by atoms with E-state index in [0.717, 1.165) is 38.5 Å². The van der Waals surface area contributed by atoms with E-state index in [4.69, 9.17) is 4.74 Å². The molecular formula is C26H40O3. The largest absolute Gasteiger partial charge is 0.458 e. The second kappa shape index (κ2) is 8.19. The van der Waals surface area contributed by atoms with Crippen molar-refractivity contribution in [3.05, 3.63) is 12.2 Å². The first kappa shape index (κ1) is 21.1. The normalized spacial score (nSPS) is 43.4. The zero-order valence-corrected chi connectivity index (χ0v) is 18.8. The number of carbonyl (C=O) groups excluding carboxylic acids is 2. The van der Waals surface area contributed by atoms with Gasteiger partial charge >= 0.3 is 5.97 Å². The molecule has 3 nitrogen and oxygen atoms in total. The molecule has 7 atom stereocenters. The lowest BCUT2D eigenvalue weighted by atomic mass is 9.46. The molecule has 4 unspecified atom stereocenters. The number of allylic oxidation sites excluding steroid dienone is 1. The Morgan fingerprint density at radius 2 is 1.93 bits per heavy atom. The summed E-state index contributed by atoms with van der Waals surface area (Å²) in [5, 5.41) is 0. The minimum atomic E-state index is -0.0431. The van der Waals surface area contributed by atoms with E-state index in [2.05, 4.69) is 32.9 Å². The van der Waals surface area contributed by atoms with Crippen LogP contribution >= 0.6 is 0 Å². The SMILES string of the molecule is CCCCCCC(=O)OC1C=C[C@@]2(C)C(CCC3C4CCC(=O)[C@@]4(C)CC[C@@H]32)C1. The van der Waals surface area contributed by atoms with Crippen molar-refractivity contribution >= 4 is 11.8 Å². The summed E-state index contributed by atoms with van der Waals surface area (Å²) >= 11 is 0. The number of hydrogen-bond donors (Lipinski definition) is 0. The molecule has 4 aliphatic carbocycles. The van der Waals surface area contributed by atoms with E-state index in [9.17, 15) is 9.59 Å². The van der Waals surface area contributed by atoms with Gasteiger partial charge in [-0.3, -0.25) is 9.59 Å². The van der Waals surface area contributed by atoms with Crippen molar-refractivity contribution in [1.82, 2.24) is 0 Å². The summed E-state index contributed by atoms with van der Waals surface area (Å²) in [7, 11) is 0. The van der Waals surface area contributed by atoms with E-state index >= 15 is 0 Å². The standard InChI is InChI=1S/C26H40O3/c1-4-5-6-7-8-24(28)29-19-13-15-25(2)18(17-19)9-10-20-21-11-12-23(27)26(21,3)16-14-22(20)25/h13,15,18-22H,4-12,14,16-17H2,1-3H3/t18?,19?,20?,21?,22-,25-,26-/m0/s1. The zero-order valence-electron chi connectivity index (χ0n) is 18.8. The predicted octanol–water partition coefficient (Wildman–Crippen LogP) is 6.26. The average Bonchev–Trinajstić information content (AvgIpc) is 3.00. The van der Waals surface area contributed by atoms with Gasteiger partial charge in [0.25, 0.3) is 0 Å². The number of carbonyl (C=O) groups is 2. The first-order valence-corrected chi connectivity index (χ1v) is 12.3. The minimum absolute atomic E-state index is 0.0223. The van der Waals surface area contributed by atoms with E-state index in [1.165, 1.54) is 32.1 Å². The maximum Gasteiger partial charge on any atom is 0.306 e. The number of unbranched alkanes of at least 4 members (excludes halogenated alkanes) is 3. The Morgan fingerprint density at radius 3 is 2.72 bits per heavy atom. The van der Waals surface area contributed by atoms with E-state index in [1.54, 1.807) is 0 Å². The van der Waals surface area contributed by atoms with Gasteiger partial charge in [-0.05, 0) is 80.1 Å². The Bertz CT molecular complexity index is 667. The maximum absolute atomic E-state index is 12.6. The molecule has 29 heavy (non-hydrogen) atoms. The van der Waals surface area contributed by atoms with Crippen LogP contribution in [0.15, 0.2) is 12.2 Å². The molecule has 0 aromatic heterocycles. The lowest BCUT2D eigenvalue weighted by Crippen LogP contribution is -2.52. The van der Waals surface area contributed by atoms with Crippen molar-refractivity contribution in [2.75, 3.05) is 0 Å². The van der Waals surface area contributed by atoms with Crippen molar-refractivity contribution in [2.24, 2.45) is 34.5 Å². The van der Waals surface area contributed by atoms with Crippen LogP contribution in [0.3, 0.4) is 0 Å². The molecule has 0 heterocycles. The Balaban J connectivity index is 1.40. The molecule has 0 radical (unpaired) electrons. The summed E-state index contributed by atoms with van der Waals surface area (Å²) in [6, 6.07) is 0. The number of rotatable bonds is 6. The highest BCUT2D eigenvalue weighted by Gasteiger charge is 2.59. The number of fused-ring (bicyclic) bond motifs is 5. The number of ketones is 1. The zero-order chi connectivity index (χ0) is 20.6. The van der Waals surface area contributed by atoms with Gasteiger partial charge in [-0.2, -0.15) is 0 Å². The van der Waals surface area contributed by atoms with E-state index in [1.807, 2.05) is 0 Å². The van der Waals surface area contributed by atoms with Crippen molar-refractivity contribution in [1.29, 1.82) is 0 Å². The molecule has 4 rings (SSSR count). The quantitative estimate of drug-likeness (QED) is 0.300. The Hall–Kier alpha value is -1.12. The Morgan fingerprint density at radius 1 is 1.10 bits per heavy atom. The molecule has 0 N–H and O–H groups in total. The maximum atomic E-state index is 12.6. The molecule has 0 spiro atoms. The van der Waals surface area contributed by atoms with Crippen molar-refractivity contribution in [3.63, 3.8) is 0 Å². The third kappa shape index (κ3) is 3.72. The highest BCUT2D eigenvalue weighted by Crippen LogP contribution is 2.64. The van der Waals surface area contributed by atoms with E-state index in [-0.39, 0.29) is 22.9 Å². The van der Waals surface area contributed by atoms with Gasteiger partial charge in [0.1, 0.15) is 11.9 Å². The van der Waals surface area contributed by atoms with E-state index in [0.29, 0.717) is 35.9 Å². The fraction of sp³-hybridized carbons (Fsp3) is 0.846. The molecule has 4 aliphatic rings. The Labute approximate surface area is 177 Å². The molecule has 0 aromatic carbocycles. The second-order valence-electron chi connectivity index (χ2n) is 10.9. The molecule has 162 valence electrons. The van der Waals surface area contributed by atoms with Gasteiger partial charge < -0.3 is 4.74 Å². The number of Topliss-reactive ketones (excluding diaryl/α,β-unsaturated/α-hetero) is 1. The van der Waals surface area contributed by atoms with E-state index < -0.39 is 0 Å². The Kier molecular flexibility index (Phi) is 5.97. The molecule has 0 saturated heterocycles. The number of hydrogen-bond acceptors (Lipinski definition) is 3. The fourth-order valence-corrected chi connectivity index (χ4v) is 7.56. The summed E-state index contributed by atoms with van der Waals surface area (Å²) in [4.78, 5) is 24.8. The molecule has 3 fully saturated rings. The summed E-state index contributed by atoms with van der Waals surface area (Å²) in [6.07, 6.45) is 17.2. The van der Waals surface area contributed by atoms with Crippen LogP contribution in [0.25, 0.3) is 0 Å². The van der Waals surface area contributed by atoms with Crippen LogP contribution in [0.5, 0.6) is 0 Å². The first-order chi connectivity index (χ1) is 13.9. The molecule has 3 heteroatoms. The van der Waals surface area contributed by atoms with Gasteiger partial charge in [0.05, 0.1) is 0 Å². The number of ether oxygens (including phenoxy) is 1.